The van der Waals surface area contributed by atoms with Gasteiger partial charge in [0.2, 0.25) is 11.8 Å². The molecule has 162 valence electrons. The third-order valence-corrected chi connectivity index (χ3v) is 5.55. The lowest BCUT2D eigenvalue weighted by molar-refractivity contribution is -0.125. The van der Waals surface area contributed by atoms with Crippen LogP contribution in [0.1, 0.15) is 35.2 Å². The van der Waals surface area contributed by atoms with E-state index in [9.17, 15) is 14.4 Å². The molecule has 6 nitrogen and oxygen atoms in total. The molecule has 3 aromatic rings. The standard InChI is InChI=1S/C26H25N3O3/c30-24(16-17-25(31)29-18-6-10-21-9-4-5-11-23(21)29)27-28-26(32)22-14-12-20(13-15-22)19-7-2-1-3-8-19/h1-5,7-9,11-15H,6,10,16-18H2,(H,27,30)(H,28,32). The SMILES string of the molecule is O=C(CCC(=O)N1CCCc2ccccc21)NNC(=O)c1ccc(-c2ccccc2)cc1. The number of carbonyl (C=O) groups is 3. The summed E-state index contributed by atoms with van der Waals surface area (Å²) in [6, 6.07) is 24.9. The van der Waals surface area contributed by atoms with Gasteiger partial charge in [0.25, 0.3) is 5.91 Å². The number of rotatable bonds is 5. The number of para-hydroxylation sites is 1. The second kappa shape index (κ2) is 9.92. The van der Waals surface area contributed by atoms with Crippen molar-refractivity contribution in [1.29, 1.82) is 0 Å². The summed E-state index contributed by atoms with van der Waals surface area (Å²) in [4.78, 5) is 38.9. The fraction of sp³-hybridized carbons (Fsp3) is 0.192. The van der Waals surface area contributed by atoms with Crippen molar-refractivity contribution in [2.24, 2.45) is 0 Å². The van der Waals surface area contributed by atoms with Gasteiger partial charge < -0.3 is 4.90 Å². The van der Waals surface area contributed by atoms with Crippen molar-refractivity contribution < 1.29 is 14.4 Å². The van der Waals surface area contributed by atoms with Crippen LogP contribution in [0.2, 0.25) is 0 Å². The molecule has 0 radical (unpaired) electrons. The maximum atomic E-state index is 12.6. The molecule has 0 saturated carbocycles. The summed E-state index contributed by atoms with van der Waals surface area (Å²) in [5.41, 5.74) is 9.39. The summed E-state index contributed by atoms with van der Waals surface area (Å²) < 4.78 is 0. The van der Waals surface area contributed by atoms with Crippen LogP contribution in [-0.4, -0.2) is 24.3 Å². The van der Waals surface area contributed by atoms with Gasteiger partial charge in [-0.1, -0.05) is 60.7 Å². The van der Waals surface area contributed by atoms with E-state index >= 15 is 0 Å². The van der Waals surface area contributed by atoms with Crippen molar-refractivity contribution in [2.75, 3.05) is 11.4 Å². The first kappa shape index (κ1) is 21.3. The Morgan fingerprint density at radius 3 is 2.22 bits per heavy atom. The van der Waals surface area contributed by atoms with Gasteiger partial charge in [-0.3, -0.25) is 25.2 Å². The highest BCUT2D eigenvalue weighted by molar-refractivity contribution is 5.98. The van der Waals surface area contributed by atoms with E-state index in [1.807, 2.05) is 66.7 Å². The molecular formula is C26H25N3O3. The van der Waals surface area contributed by atoms with Crippen molar-refractivity contribution in [2.45, 2.75) is 25.7 Å². The van der Waals surface area contributed by atoms with Crippen molar-refractivity contribution in [3.63, 3.8) is 0 Å². The van der Waals surface area contributed by atoms with Crippen LogP contribution in [-0.2, 0) is 16.0 Å². The molecule has 0 aliphatic carbocycles. The molecule has 1 heterocycles. The third kappa shape index (κ3) is 5.03. The lowest BCUT2D eigenvalue weighted by Crippen LogP contribution is -2.42. The zero-order chi connectivity index (χ0) is 22.3. The molecule has 1 aliphatic rings. The maximum absolute atomic E-state index is 12.6. The molecule has 4 rings (SSSR count). The molecule has 3 amide bonds. The van der Waals surface area contributed by atoms with Gasteiger partial charge in [-0.2, -0.15) is 0 Å². The molecule has 32 heavy (non-hydrogen) atoms. The fourth-order valence-corrected chi connectivity index (χ4v) is 3.85. The summed E-state index contributed by atoms with van der Waals surface area (Å²) in [6.07, 6.45) is 1.96. The average molecular weight is 428 g/mol. The van der Waals surface area contributed by atoms with Crippen LogP contribution >= 0.6 is 0 Å². The first-order valence-corrected chi connectivity index (χ1v) is 10.7. The van der Waals surface area contributed by atoms with Gasteiger partial charge >= 0.3 is 0 Å². The lowest BCUT2D eigenvalue weighted by Gasteiger charge is -2.29. The van der Waals surface area contributed by atoms with Crippen LogP contribution in [0.15, 0.2) is 78.9 Å². The highest BCUT2D eigenvalue weighted by Gasteiger charge is 2.22. The number of hydrazine groups is 1. The van der Waals surface area contributed by atoms with Gasteiger partial charge in [0.05, 0.1) is 0 Å². The van der Waals surface area contributed by atoms with E-state index in [0.29, 0.717) is 12.1 Å². The monoisotopic (exact) mass is 427 g/mol. The molecule has 0 saturated heterocycles. The Balaban J connectivity index is 1.25. The number of aryl methyl sites for hydroxylation is 1. The Labute approximate surface area is 187 Å². The molecule has 3 aromatic carbocycles. The number of amides is 3. The van der Waals surface area contributed by atoms with Crippen LogP contribution < -0.4 is 15.8 Å². The zero-order valence-corrected chi connectivity index (χ0v) is 17.7. The second-order valence-electron chi connectivity index (χ2n) is 7.72. The summed E-state index contributed by atoms with van der Waals surface area (Å²) >= 11 is 0. The fourth-order valence-electron chi connectivity index (χ4n) is 3.85. The predicted molar refractivity (Wildman–Crippen MR) is 124 cm³/mol. The summed E-state index contributed by atoms with van der Waals surface area (Å²) in [5.74, 6) is -0.901. The number of carbonyl (C=O) groups excluding carboxylic acids is 3. The van der Waals surface area contributed by atoms with Gasteiger partial charge in [0, 0.05) is 30.6 Å². The summed E-state index contributed by atoms with van der Waals surface area (Å²) in [5, 5.41) is 0. The van der Waals surface area contributed by atoms with Crippen LogP contribution in [0, 0.1) is 0 Å². The maximum Gasteiger partial charge on any atom is 0.269 e. The van der Waals surface area contributed by atoms with E-state index in [-0.39, 0.29) is 18.7 Å². The van der Waals surface area contributed by atoms with E-state index in [1.165, 1.54) is 0 Å². The zero-order valence-electron chi connectivity index (χ0n) is 17.7. The minimum absolute atomic E-state index is 0.00469. The van der Waals surface area contributed by atoms with Gasteiger partial charge in [0.15, 0.2) is 0 Å². The third-order valence-electron chi connectivity index (χ3n) is 5.55. The van der Waals surface area contributed by atoms with E-state index in [2.05, 4.69) is 10.9 Å². The predicted octanol–water partition coefficient (Wildman–Crippen LogP) is 3.87. The molecule has 6 heteroatoms. The molecule has 2 N–H and O–H groups in total. The number of benzene rings is 3. The van der Waals surface area contributed by atoms with Gasteiger partial charge in [-0.25, -0.2) is 0 Å². The molecule has 0 spiro atoms. The highest BCUT2D eigenvalue weighted by Crippen LogP contribution is 2.27. The molecule has 0 atom stereocenters. The Hall–Kier alpha value is -3.93. The van der Waals surface area contributed by atoms with Crippen LogP contribution in [0.3, 0.4) is 0 Å². The van der Waals surface area contributed by atoms with Crippen molar-refractivity contribution in [1.82, 2.24) is 10.9 Å². The molecule has 0 aromatic heterocycles. The number of nitrogens with zero attached hydrogens (tertiary/aromatic N) is 1. The molecule has 1 aliphatic heterocycles. The quantitative estimate of drug-likeness (QED) is 0.607. The van der Waals surface area contributed by atoms with Crippen molar-refractivity contribution >= 4 is 23.4 Å². The van der Waals surface area contributed by atoms with E-state index in [0.717, 1.165) is 35.2 Å². The van der Waals surface area contributed by atoms with E-state index in [1.54, 1.807) is 17.0 Å². The Bertz CT molecular complexity index is 1110. The number of nitrogens with one attached hydrogen (secondary N) is 2. The topological polar surface area (TPSA) is 78.5 Å². The molecule has 0 unspecified atom stereocenters. The number of hydrogen-bond donors (Lipinski definition) is 2. The second-order valence-corrected chi connectivity index (χ2v) is 7.72. The molecule has 0 fully saturated rings. The molecular weight excluding hydrogens is 402 g/mol. The van der Waals surface area contributed by atoms with E-state index < -0.39 is 11.8 Å². The smallest absolute Gasteiger partial charge is 0.269 e. The lowest BCUT2D eigenvalue weighted by atomic mass is 10.0. The Morgan fingerprint density at radius 1 is 0.750 bits per heavy atom. The summed E-state index contributed by atoms with van der Waals surface area (Å²) in [6.45, 7) is 0.660. The van der Waals surface area contributed by atoms with Crippen molar-refractivity contribution in [3.8, 4) is 11.1 Å². The minimum Gasteiger partial charge on any atom is -0.312 e. The van der Waals surface area contributed by atoms with Gasteiger partial charge in [-0.05, 0) is 47.7 Å². The summed E-state index contributed by atoms with van der Waals surface area (Å²) in [7, 11) is 0. The number of fused-ring (bicyclic) bond motifs is 1. The van der Waals surface area contributed by atoms with E-state index in [4.69, 9.17) is 0 Å². The van der Waals surface area contributed by atoms with Gasteiger partial charge in [0.1, 0.15) is 0 Å². The minimum atomic E-state index is -0.408. The first-order valence-electron chi connectivity index (χ1n) is 10.7. The van der Waals surface area contributed by atoms with Gasteiger partial charge in [-0.15, -0.1) is 0 Å². The average Bonchev–Trinajstić information content (AvgIpc) is 2.86. The van der Waals surface area contributed by atoms with Crippen LogP contribution in [0.4, 0.5) is 5.69 Å². The number of anilines is 1. The Morgan fingerprint density at radius 2 is 1.44 bits per heavy atom. The first-order chi connectivity index (χ1) is 15.6. The van der Waals surface area contributed by atoms with Crippen LogP contribution in [0.5, 0.6) is 0 Å². The molecule has 0 bridgehead atoms. The van der Waals surface area contributed by atoms with Crippen LogP contribution in [0.25, 0.3) is 11.1 Å². The number of hydrogen-bond acceptors (Lipinski definition) is 3. The largest absolute Gasteiger partial charge is 0.312 e. The normalized spacial score (nSPS) is 12.6. The highest BCUT2D eigenvalue weighted by atomic mass is 16.2. The Kier molecular flexibility index (Phi) is 6.60. The van der Waals surface area contributed by atoms with Crippen molar-refractivity contribution in [3.05, 3.63) is 90.0 Å².